The van der Waals surface area contributed by atoms with Crippen LogP contribution in [0.15, 0.2) is 0 Å². The normalized spacial score (nSPS) is 13.7. The molecule has 0 heterocycles. The Kier molecular flexibility index (Phi) is 6.70. The Balaban J connectivity index is 0. The molecular weight excluding hydrogens is 251 g/mol. The number of nitrogens with zero attached hydrogens (tertiary/aromatic N) is 1. The van der Waals surface area contributed by atoms with Crippen LogP contribution in [0.5, 0.6) is 0 Å². The van der Waals surface area contributed by atoms with Crippen LogP contribution >= 0.6 is 0 Å². The fourth-order valence-corrected chi connectivity index (χ4v) is 1.87. The van der Waals surface area contributed by atoms with Gasteiger partial charge in [-0.05, 0) is 0 Å². The van der Waals surface area contributed by atoms with E-state index < -0.39 is 0 Å². The van der Waals surface area contributed by atoms with E-state index in [4.69, 9.17) is 0 Å². The van der Waals surface area contributed by atoms with Gasteiger partial charge in [0.1, 0.15) is 0 Å². The molecule has 0 bridgehead atoms. The fraction of sp³-hybridized carbons (Fsp3) is 0.818. The summed E-state index contributed by atoms with van der Waals surface area (Å²) in [4.78, 5) is 0. The van der Waals surface area contributed by atoms with E-state index in [2.05, 4.69) is 13.8 Å². The van der Waals surface area contributed by atoms with Gasteiger partial charge in [-0.15, -0.1) is 10.8 Å². The molecule has 0 spiro atoms. The Labute approximate surface area is 114 Å². The molecule has 0 atom stereocenters. The summed E-state index contributed by atoms with van der Waals surface area (Å²) in [5, 5.41) is 12.0. The third-order valence-electron chi connectivity index (χ3n) is 1.52. The van der Waals surface area contributed by atoms with Crippen molar-refractivity contribution in [3.05, 3.63) is 19.1 Å². The fourth-order valence-electron chi connectivity index (χ4n) is 1.87. The molecule has 0 rings (SSSR count). The van der Waals surface area contributed by atoms with Crippen LogP contribution in [-0.2, 0) is 32.7 Å². The minimum Gasteiger partial charge on any atom is -0.633 e. The van der Waals surface area contributed by atoms with Gasteiger partial charge < -0.3 is 23.7 Å². The molecule has 0 saturated carbocycles. The molecule has 0 aromatic rings. The van der Waals surface area contributed by atoms with Crippen molar-refractivity contribution in [3.8, 4) is 0 Å². The molecule has 0 N–H and O–H groups in total. The zero-order valence-corrected chi connectivity index (χ0v) is 13.1. The summed E-state index contributed by atoms with van der Waals surface area (Å²) < 4.78 is -0.257. The third kappa shape index (κ3) is 11.1. The molecule has 0 aliphatic carbocycles. The molecule has 83 valence electrons. The first kappa shape index (κ1) is 17.4. The Morgan fingerprint density at radius 1 is 1.00 bits per heavy atom. The molecule has 0 saturated heterocycles. The van der Waals surface area contributed by atoms with Gasteiger partial charge in [0.2, 0.25) is 0 Å². The summed E-state index contributed by atoms with van der Waals surface area (Å²) in [5.74, 6) is 0. The maximum Gasteiger partial charge on any atom is 0.0677 e. The van der Waals surface area contributed by atoms with Gasteiger partial charge in [-0.3, -0.25) is 0 Å². The van der Waals surface area contributed by atoms with Gasteiger partial charge in [0.05, 0.1) is 20.1 Å². The van der Waals surface area contributed by atoms with Gasteiger partial charge in [-0.2, -0.15) is 0 Å². The number of hydrogen-bond donors (Lipinski definition) is 0. The van der Waals surface area contributed by atoms with E-state index in [0.29, 0.717) is 13.1 Å². The van der Waals surface area contributed by atoms with E-state index in [1.165, 1.54) is 0 Å². The van der Waals surface area contributed by atoms with E-state index in [0.717, 1.165) is 0 Å². The number of quaternary nitrogens is 1. The molecule has 2 nitrogen and oxygen atoms in total. The summed E-state index contributed by atoms with van der Waals surface area (Å²) in [6.45, 7) is 16.9. The Morgan fingerprint density at radius 2 is 1.21 bits per heavy atom. The maximum atomic E-state index is 12.0. The van der Waals surface area contributed by atoms with Crippen LogP contribution in [0, 0.1) is 29.9 Å². The molecule has 0 aliphatic rings. The standard InChI is InChI=1S/C11H23NO.Y/c1-10(2,3)8-12(7,13)9-11(4,5)6;/h1,4,8-9H2,2-3,5-7H3;/q-2;. The predicted molar refractivity (Wildman–Crippen MR) is 57.6 cm³/mol. The molecule has 0 unspecified atom stereocenters. The van der Waals surface area contributed by atoms with Crippen molar-refractivity contribution in [2.75, 3.05) is 20.1 Å². The summed E-state index contributed by atoms with van der Waals surface area (Å²) in [7, 11) is 1.69. The number of hydrogen-bond acceptors (Lipinski definition) is 1. The minimum absolute atomic E-state index is 0. The van der Waals surface area contributed by atoms with Crippen LogP contribution in [-0.4, -0.2) is 24.8 Å². The third-order valence-corrected chi connectivity index (χ3v) is 1.52. The van der Waals surface area contributed by atoms with Crippen LogP contribution in [0.2, 0.25) is 0 Å². The minimum atomic E-state index is -0.257. The first-order valence-electron chi connectivity index (χ1n) is 4.68. The van der Waals surface area contributed by atoms with Crippen LogP contribution in [0.3, 0.4) is 0 Å². The first-order valence-corrected chi connectivity index (χ1v) is 4.68. The summed E-state index contributed by atoms with van der Waals surface area (Å²) in [5.41, 5.74) is -0.330. The average Bonchev–Trinajstić information content (AvgIpc) is 1.43. The molecule has 14 heavy (non-hydrogen) atoms. The van der Waals surface area contributed by atoms with Crippen LogP contribution in [0.1, 0.15) is 27.7 Å². The van der Waals surface area contributed by atoms with Crippen LogP contribution in [0.25, 0.3) is 0 Å². The predicted octanol–water partition coefficient (Wildman–Crippen LogP) is 2.65. The van der Waals surface area contributed by atoms with Crippen molar-refractivity contribution in [3.63, 3.8) is 0 Å². The number of hydroxylamine groups is 3. The Hall–Kier alpha value is 1.02. The molecule has 0 aromatic heterocycles. The first-order chi connectivity index (χ1) is 5.41. The van der Waals surface area contributed by atoms with Gasteiger partial charge in [0, 0.05) is 32.7 Å². The monoisotopic (exact) mass is 274 g/mol. The number of rotatable bonds is 4. The van der Waals surface area contributed by atoms with Gasteiger partial charge in [-0.1, -0.05) is 27.7 Å². The SMILES string of the molecule is [CH2-]C(C)(C)C[N+](C)([O-])CC([CH2-])(C)C.[Y]. The summed E-state index contributed by atoms with van der Waals surface area (Å²) in [6.07, 6.45) is 0. The topological polar surface area (TPSA) is 23.1 Å². The average molecular weight is 274 g/mol. The quantitative estimate of drug-likeness (QED) is 0.439. The zero-order valence-electron chi connectivity index (χ0n) is 10.3. The summed E-state index contributed by atoms with van der Waals surface area (Å²) in [6, 6.07) is 0. The molecule has 0 amide bonds. The van der Waals surface area contributed by atoms with Crippen molar-refractivity contribution in [2.24, 2.45) is 10.8 Å². The second kappa shape index (κ2) is 5.38. The smallest absolute Gasteiger partial charge is 0.0677 e. The van der Waals surface area contributed by atoms with E-state index >= 15 is 0 Å². The van der Waals surface area contributed by atoms with E-state index in [1.807, 2.05) is 27.7 Å². The van der Waals surface area contributed by atoms with Crippen molar-refractivity contribution in [1.82, 2.24) is 0 Å². The van der Waals surface area contributed by atoms with Crippen LogP contribution < -0.4 is 0 Å². The van der Waals surface area contributed by atoms with Gasteiger partial charge in [-0.25, -0.2) is 0 Å². The van der Waals surface area contributed by atoms with E-state index in [-0.39, 0.29) is 48.2 Å². The zero-order chi connectivity index (χ0) is 10.9. The van der Waals surface area contributed by atoms with Gasteiger partial charge in [0.15, 0.2) is 0 Å². The molecular formula is C11H23NOY-2. The second-order valence-corrected chi connectivity index (χ2v) is 5.94. The Bertz CT molecular complexity index is 147. The van der Waals surface area contributed by atoms with Gasteiger partial charge in [0.25, 0.3) is 0 Å². The summed E-state index contributed by atoms with van der Waals surface area (Å²) >= 11 is 0. The maximum absolute atomic E-state index is 12.0. The van der Waals surface area contributed by atoms with Crippen molar-refractivity contribution < 1.29 is 37.4 Å². The van der Waals surface area contributed by atoms with E-state index in [1.54, 1.807) is 7.05 Å². The van der Waals surface area contributed by atoms with Crippen molar-refractivity contribution in [2.45, 2.75) is 27.7 Å². The van der Waals surface area contributed by atoms with Crippen molar-refractivity contribution >= 4 is 0 Å². The molecule has 0 aromatic carbocycles. The largest absolute Gasteiger partial charge is 0.633 e. The Morgan fingerprint density at radius 3 is 1.36 bits per heavy atom. The van der Waals surface area contributed by atoms with E-state index in [9.17, 15) is 5.21 Å². The molecule has 1 radical (unpaired) electrons. The van der Waals surface area contributed by atoms with Crippen LogP contribution in [0.4, 0.5) is 0 Å². The molecule has 3 heteroatoms. The second-order valence-electron chi connectivity index (χ2n) is 5.94. The molecule has 0 aliphatic heterocycles. The molecule has 0 fully saturated rings. The van der Waals surface area contributed by atoms with Crippen molar-refractivity contribution in [1.29, 1.82) is 0 Å². The van der Waals surface area contributed by atoms with Gasteiger partial charge >= 0.3 is 0 Å².